The Bertz CT molecular complexity index is 921. The summed E-state index contributed by atoms with van der Waals surface area (Å²) in [5.74, 6) is -0.547. The van der Waals surface area contributed by atoms with Gasteiger partial charge in [-0.25, -0.2) is 0 Å². The number of methoxy groups -OCH3 is 1. The van der Waals surface area contributed by atoms with Crippen LogP contribution in [-0.2, 0) is 11.0 Å². The fraction of sp³-hybridized carbons (Fsp3) is 0.111. The number of benzene rings is 2. The molecule has 0 fully saturated rings. The first-order valence-corrected chi connectivity index (χ1v) is 7.82. The van der Waals surface area contributed by atoms with Crippen LogP contribution < -0.4 is 15.4 Å². The topological polar surface area (TPSA) is 74.1 Å². The Labute approximate surface area is 158 Å². The minimum atomic E-state index is -4.64. The lowest BCUT2D eigenvalue weighted by Gasteiger charge is -2.13. The quantitative estimate of drug-likeness (QED) is 0.562. The summed E-state index contributed by atoms with van der Waals surface area (Å²) in [5, 5.41) is 14.2. The van der Waals surface area contributed by atoms with Gasteiger partial charge in [-0.05, 0) is 30.3 Å². The first-order valence-electron chi connectivity index (χ1n) is 7.44. The molecule has 27 heavy (non-hydrogen) atoms. The third kappa shape index (κ3) is 5.15. The molecule has 0 saturated carbocycles. The number of nitrogens with one attached hydrogen (secondary N) is 2. The number of hydrogen-bond donors (Lipinski definition) is 2. The predicted octanol–water partition coefficient (Wildman–Crippen LogP) is 4.83. The normalized spacial score (nSPS) is 11.5. The molecular formula is C18H13ClF3N3O2. The van der Waals surface area contributed by atoms with Gasteiger partial charge in [-0.1, -0.05) is 23.7 Å². The maximum absolute atomic E-state index is 13.0. The number of amides is 1. The Hall–Kier alpha value is -3.18. The van der Waals surface area contributed by atoms with Gasteiger partial charge in [-0.2, -0.15) is 18.4 Å². The highest BCUT2D eigenvalue weighted by atomic mass is 35.5. The molecule has 140 valence electrons. The van der Waals surface area contributed by atoms with E-state index in [1.807, 2.05) is 0 Å². The van der Waals surface area contributed by atoms with Gasteiger partial charge in [0, 0.05) is 11.9 Å². The van der Waals surface area contributed by atoms with Crippen molar-refractivity contribution in [3.63, 3.8) is 0 Å². The van der Waals surface area contributed by atoms with Crippen molar-refractivity contribution in [3.8, 4) is 11.8 Å². The molecule has 0 radical (unpaired) electrons. The van der Waals surface area contributed by atoms with Gasteiger partial charge in [-0.3, -0.25) is 4.79 Å². The summed E-state index contributed by atoms with van der Waals surface area (Å²) < 4.78 is 44.0. The molecule has 0 aromatic heterocycles. The minimum absolute atomic E-state index is 0.304. The number of carbonyl (C=O) groups excluding carboxylic acids is 1. The van der Waals surface area contributed by atoms with Crippen LogP contribution in [-0.4, -0.2) is 13.0 Å². The lowest BCUT2D eigenvalue weighted by atomic mass is 10.1. The second-order valence-corrected chi connectivity index (χ2v) is 5.57. The number of nitriles is 1. The highest BCUT2D eigenvalue weighted by Gasteiger charge is 2.33. The van der Waals surface area contributed by atoms with Crippen LogP contribution in [0.15, 0.2) is 54.2 Å². The average Bonchev–Trinajstić information content (AvgIpc) is 2.62. The van der Waals surface area contributed by atoms with Crippen molar-refractivity contribution in [1.82, 2.24) is 0 Å². The maximum Gasteiger partial charge on any atom is 0.418 e. The Kier molecular flexibility index (Phi) is 6.32. The first kappa shape index (κ1) is 20.1. The van der Waals surface area contributed by atoms with E-state index >= 15 is 0 Å². The minimum Gasteiger partial charge on any atom is -0.495 e. The van der Waals surface area contributed by atoms with E-state index in [1.54, 1.807) is 18.2 Å². The molecule has 0 aliphatic heterocycles. The van der Waals surface area contributed by atoms with Crippen LogP contribution in [0.5, 0.6) is 5.75 Å². The number of ether oxygens (including phenoxy) is 1. The van der Waals surface area contributed by atoms with E-state index in [-0.39, 0.29) is 0 Å². The van der Waals surface area contributed by atoms with Gasteiger partial charge in [-0.15, -0.1) is 0 Å². The van der Waals surface area contributed by atoms with Crippen molar-refractivity contribution in [1.29, 1.82) is 5.26 Å². The SMILES string of the molecule is COc1ccc(N/C=C(/C#N)C(=O)Nc2ccccc2C(F)(F)F)cc1Cl. The number of hydrogen-bond acceptors (Lipinski definition) is 4. The fourth-order valence-corrected chi connectivity index (χ4v) is 2.35. The van der Waals surface area contributed by atoms with E-state index in [1.165, 1.54) is 25.3 Å². The summed E-state index contributed by atoms with van der Waals surface area (Å²) in [6.45, 7) is 0. The van der Waals surface area contributed by atoms with Crippen molar-refractivity contribution < 1.29 is 22.7 Å². The number of carbonyl (C=O) groups is 1. The van der Waals surface area contributed by atoms with Crippen LogP contribution in [0.1, 0.15) is 5.56 Å². The number of alkyl halides is 3. The smallest absolute Gasteiger partial charge is 0.418 e. The molecule has 2 N–H and O–H groups in total. The zero-order valence-electron chi connectivity index (χ0n) is 13.9. The molecule has 0 unspecified atom stereocenters. The Morgan fingerprint density at radius 2 is 1.96 bits per heavy atom. The molecule has 2 aromatic carbocycles. The molecule has 2 rings (SSSR count). The maximum atomic E-state index is 13.0. The van der Waals surface area contributed by atoms with Crippen molar-refractivity contribution >= 4 is 28.9 Å². The molecule has 0 atom stereocenters. The summed E-state index contributed by atoms with van der Waals surface area (Å²) in [6.07, 6.45) is -3.57. The van der Waals surface area contributed by atoms with Crippen LogP contribution in [0.25, 0.3) is 0 Å². The third-order valence-electron chi connectivity index (χ3n) is 3.38. The number of halogens is 4. The van der Waals surface area contributed by atoms with Gasteiger partial charge in [0.2, 0.25) is 0 Å². The van der Waals surface area contributed by atoms with Crippen molar-refractivity contribution in [2.24, 2.45) is 0 Å². The molecule has 9 heteroatoms. The standard InChI is InChI=1S/C18H13ClF3N3O2/c1-27-16-7-6-12(8-14(16)19)24-10-11(9-23)17(26)25-15-5-3-2-4-13(15)18(20,21)22/h2-8,10,24H,1H3,(H,25,26)/b11-10-. The zero-order chi connectivity index (χ0) is 20.0. The Morgan fingerprint density at radius 1 is 1.26 bits per heavy atom. The Balaban J connectivity index is 2.18. The first-order chi connectivity index (χ1) is 12.8. The lowest BCUT2D eigenvalue weighted by Crippen LogP contribution is -2.18. The molecule has 2 aromatic rings. The molecule has 0 bridgehead atoms. The van der Waals surface area contributed by atoms with Gasteiger partial charge < -0.3 is 15.4 Å². The largest absolute Gasteiger partial charge is 0.495 e. The summed E-state index contributed by atoms with van der Waals surface area (Å²) in [6, 6.07) is 10.8. The van der Waals surface area contributed by atoms with Crippen LogP contribution in [0, 0.1) is 11.3 Å². The average molecular weight is 396 g/mol. The summed E-state index contributed by atoms with van der Waals surface area (Å²) in [5.41, 5.74) is -1.41. The molecule has 0 aliphatic carbocycles. The molecule has 0 saturated heterocycles. The van der Waals surface area contributed by atoms with Gasteiger partial charge in [0.25, 0.3) is 5.91 Å². The summed E-state index contributed by atoms with van der Waals surface area (Å²) in [4.78, 5) is 12.2. The predicted molar refractivity (Wildman–Crippen MR) is 95.4 cm³/mol. The Morgan fingerprint density at radius 3 is 2.56 bits per heavy atom. The number of anilines is 2. The van der Waals surface area contributed by atoms with Crippen molar-refractivity contribution in [3.05, 3.63) is 64.8 Å². The fourth-order valence-electron chi connectivity index (χ4n) is 2.09. The van der Waals surface area contributed by atoms with Crippen LogP contribution in [0.3, 0.4) is 0 Å². The van der Waals surface area contributed by atoms with Crippen LogP contribution >= 0.6 is 11.6 Å². The van der Waals surface area contributed by atoms with E-state index in [0.29, 0.717) is 16.5 Å². The summed E-state index contributed by atoms with van der Waals surface area (Å²) in [7, 11) is 1.45. The van der Waals surface area contributed by atoms with Crippen molar-refractivity contribution in [2.45, 2.75) is 6.18 Å². The lowest BCUT2D eigenvalue weighted by molar-refractivity contribution is -0.137. The number of nitrogens with zero attached hydrogens (tertiary/aromatic N) is 1. The van der Waals surface area contributed by atoms with Crippen molar-refractivity contribution in [2.75, 3.05) is 17.7 Å². The third-order valence-corrected chi connectivity index (χ3v) is 3.68. The van der Waals surface area contributed by atoms with Gasteiger partial charge >= 0.3 is 6.18 Å². The van der Waals surface area contributed by atoms with E-state index in [9.17, 15) is 18.0 Å². The number of rotatable bonds is 5. The molecule has 1 amide bonds. The second-order valence-electron chi connectivity index (χ2n) is 5.16. The van der Waals surface area contributed by atoms with Crippen LogP contribution in [0.2, 0.25) is 5.02 Å². The molecule has 0 heterocycles. The highest BCUT2D eigenvalue weighted by molar-refractivity contribution is 6.32. The van der Waals surface area contributed by atoms with E-state index in [4.69, 9.17) is 21.6 Å². The van der Waals surface area contributed by atoms with Gasteiger partial charge in [0.1, 0.15) is 17.4 Å². The van der Waals surface area contributed by atoms with Gasteiger partial charge in [0.15, 0.2) is 0 Å². The summed E-state index contributed by atoms with van der Waals surface area (Å²) >= 11 is 5.97. The second kappa shape index (κ2) is 8.47. The molecule has 5 nitrogen and oxygen atoms in total. The van der Waals surface area contributed by atoms with E-state index < -0.39 is 28.9 Å². The monoisotopic (exact) mass is 395 g/mol. The van der Waals surface area contributed by atoms with Crippen LogP contribution in [0.4, 0.5) is 24.5 Å². The van der Waals surface area contributed by atoms with E-state index in [0.717, 1.165) is 18.3 Å². The highest BCUT2D eigenvalue weighted by Crippen LogP contribution is 2.34. The molecule has 0 spiro atoms. The molecule has 0 aliphatic rings. The van der Waals surface area contributed by atoms with E-state index in [2.05, 4.69) is 10.6 Å². The van der Waals surface area contributed by atoms with Gasteiger partial charge in [0.05, 0.1) is 23.4 Å². The molecular weight excluding hydrogens is 383 g/mol. The number of para-hydroxylation sites is 1. The zero-order valence-corrected chi connectivity index (χ0v) is 14.7.